The number of aryl methyl sites for hydroxylation is 1. The lowest BCUT2D eigenvalue weighted by Crippen LogP contribution is -2.29. The van der Waals surface area contributed by atoms with Gasteiger partial charge in [-0.3, -0.25) is 4.90 Å². The number of aromatic nitrogens is 1. The Morgan fingerprint density at radius 1 is 1.14 bits per heavy atom. The fourth-order valence-corrected chi connectivity index (χ4v) is 5.11. The van der Waals surface area contributed by atoms with E-state index in [0.29, 0.717) is 6.04 Å². The Morgan fingerprint density at radius 2 is 1.97 bits per heavy atom. The summed E-state index contributed by atoms with van der Waals surface area (Å²) >= 11 is 0. The van der Waals surface area contributed by atoms with E-state index in [1.165, 1.54) is 46.3 Å². The fourth-order valence-electron chi connectivity index (χ4n) is 5.11. The molecule has 2 N–H and O–H groups in total. The lowest BCUT2D eigenvalue weighted by Gasteiger charge is -2.30. The molecule has 35 heavy (non-hydrogen) atoms. The van der Waals surface area contributed by atoms with Crippen molar-refractivity contribution in [3.63, 3.8) is 0 Å². The molecule has 0 saturated heterocycles. The first-order valence-electron chi connectivity index (χ1n) is 12.1. The van der Waals surface area contributed by atoms with Crippen molar-refractivity contribution in [1.82, 2.24) is 9.88 Å². The number of ether oxygens (including phenoxy) is 1. The molecule has 1 aromatic heterocycles. The van der Waals surface area contributed by atoms with Gasteiger partial charge >= 0.3 is 5.97 Å². The molecule has 3 aromatic carbocycles. The van der Waals surface area contributed by atoms with E-state index in [-0.39, 0.29) is 11.7 Å². The zero-order valence-corrected chi connectivity index (χ0v) is 19.9. The molecule has 5 heteroatoms. The van der Waals surface area contributed by atoms with Crippen molar-refractivity contribution in [2.24, 2.45) is 0 Å². The quantitative estimate of drug-likeness (QED) is 0.255. The van der Waals surface area contributed by atoms with E-state index in [2.05, 4.69) is 58.5 Å². The van der Waals surface area contributed by atoms with Crippen molar-refractivity contribution in [1.29, 1.82) is 0 Å². The van der Waals surface area contributed by atoms with Crippen LogP contribution in [0.15, 0.2) is 79.0 Å². The standard InChI is InChI=1S/C30H30N2O3/c1-35-30(34)15-9-21-8-13-27-23(18-21)10-14-29(27)32(20-22-6-11-25(33)12-7-22)17-16-24-19-31-28-5-3-2-4-26(24)28/h2-9,11-13,15,18-19,29,31,33H,10,14,16-17,20H2,1H3/b15-9+. The van der Waals surface area contributed by atoms with E-state index in [0.717, 1.165) is 37.9 Å². The molecular weight excluding hydrogens is 436 g/mol. The third-order valence-corrected chi connectivity index (χ3v) is 6.93. The summed E-state index contributed by atoms with van der Waals surface area (Å²) in [6, 6.07) is 22.8. The van der Waals surface area contributed by atoms with Crippen LogP contribution in [0.4, 0.5) is 0 Å². The summed E-state index contributed by atoms with van der Waals surface area (Å²) in [5.74, 6) is -0.0569. The van der Waals surface area contributed by atoms with Crippen LogP contribution in [0.2, 0.25) is 0 Å². The van der Waals surface area contributed by atoms with Crippen LogP contribution >= 0.6 is 0 Å². The number of nitrogens with one attached hydrogen (secondary N) is 1. The minimum absolute atomic E-state index is 0.290. The number of hydrogen-bond acceptors (Lipinski definition) is 4. The number of phenolic OH excluding ortho intramolecular Hbond substituents is 1. The van der Waals surface area contributed by atoms with E-state index in [1.54, 1.807) is 12.1 Å². The topological polar surface area (TPSA) is 65.6 Å². The van der Waals surface area contributed by atoms with Crippen LogP contribution in [0.1, 0.15) is 40.3 Å². The van der Waals surface area contributed by atoms with Gasteiger partial charge in [0, 0.05) is 42.3 Å². The van der Waals surface area contributed by atoms with Crippen LogP contribution in [0.25, 0.3) is 17.0 Å². The van der Waals surface area contributed by atoms with Gasteiger partial charge in [-0.2, -0.15) is 0 Å². The highest BCUT2D eigenvalue weighted by molar-refractivity contribution is 5.87. The predicted octanol–water partition coefficient (Wildman–Crippen LogP) is 5.79. The summed E-state index contributed by atoms with van der Waals surface area (Å²) in [6.07, 6.45) is 8.43. The number of aromatic amines is 1. The molecule has 5 nitrogen and oxygen atoms in total. The highest BCUT2D eigenvalue weighted by Crippen LogP contribution is 2.37. The van der Waals surface area contributed by atoms with E-state index >= 15 is 0 Å². The van der Waals surface area contributed by atoms with Gasteiger partial charge in [-0.05, 0) is 71.4 Å². The van der Waals surface area contributed by atoms with Crippen LogP contribution in [0.3, 0.4) is 0 Å². The predicted molar refractivity (Wildman–Crippen MR) is 139 cm³/mol. The van der Waals surface area contributed by atoms with Crippen molar-refractivity contribution in [3.8, 4) is 5.75 Å². The zero-order valence-electron chi connectivity index (χ0n) is 19.9. The molecule has 1 heterocycles. The molecule has 0 radical (unpaired) electrons. The normalized spacial score (nSPS) is 15.2. The number of phenols is 1. The second kappa shape index (κ2) is 10.2. The van der Waals surface area contributed by atoms with Gasteiger partial charge < -0.3 is 14.8 Å². The number of methoxy groups -OCH3 is 1. The van der Waals surface area contributed by atoms with Crippen LogP contribution in [0.5, 0.6) is 5.75 Å². The van der Waals surface area contributed by atoms with Gasteiger partial charge in [0.1, 0.15) is 5.75 Å². The molecule has 5 rings (SSSR count). The summed E-state index contributed by atoms with van der Waals surface area (Å²) in [6.45, 7) is 1.74. The van der Waals surface area contributed by atoms with Crippen LogP contribution in [0, 0.1) is 0 Å². The van der Waals surface area contributed by atoms with Crippen LogP contribution in [-0.4, -0.2) is 34.6 Å². The number of rotatable bonds is 8. The minimum atomic E-state index is -0.347. The van der Waals surface area contributed by atoms with E-state index in [9.17, 15) is 9.90 Å². The maximum atomic E-state index is 11.5. The minimum Gasteiger partial charge on any atom is -0.508 e. The lowest BCUT2D eigenvalue weighted by atomic mass is 10.0. The first kappa shape index (κ1) is 22.9. The summed E-state index contributed by atoms with van der Waals surface area (Å²) in [5.41, 5.74) is 7.40. The third kappa shape index (κ3) is 5.15. The Morgan fingerprint density at radius 3 is 2.80 bits per heavy atom. The second-order valence-corrected chi connectivity index (χ2v) is 9.12. The van der Waals surface area contributed by atoms with Gasteiger partial charge in [0.15, 0.2) is 0 Å². The largest absolute Gasteiger partial charge is 0.508 e. The maximum Gasteiger partial charge on any atom is 0.330 e. The number of carbonyl (C=O) groups excluding carboxylic acids is 1. The number of hydrogen-bond donors (Lipinski definition) is 2. The van der Waals surface area contributed by atoms with Crippen molar-refractivity contribution in [3.05, 3.63) is 107 Å². The summed E-state index contributed by atoms with van der Waals surface area (Å²) in [7, 11) is 1.39. The van der Waals surface area contributed by atoms with Gasteiger partial charge in [-0.1, -0.05) is 48.5 Å². The monoisotopic (exact) mass is 466 g/mol. The average molecular weight is 467 g/mol. The lowest BCUT2D eigenvalue weighted by molar-refractivity contribution is -0.134. The number of nitrogens with zero attached hydrogens (tertiary/aromatic N) is 1. The fraction of sp³-hybridized carbons (Fsp3) is 0.233. The number of esters is 1. The molecule has 1 unspecified atom stereocenters. The molecule has 0 fully saturated rings. The zero-order chi connectivity index (χ0) is 24.2. The van der Waals surface area contributed by atoms with Crippen LogP contribution in [-0.2, 0) is 28.9 Å². The highest BCUT2D eigenvalue weighted by atomic mass is 16.5. The van der Waals surface area contributed by atoms with Crippen molar-refractivity contribution >= 4 is 22.9 Å². The van der Waals surface area contributed by atoms with E-state index < -0.39 is 0 Å². The van der Waals surface area contributed by atoms with Crippen molar-refractivity contribution in [2.75, 3.05) is 13.7 Å². The van der Waals surface area contributed by atoms with Crippen LogP contribution < -0.4 is 0 Å². The van der Waals surface area contributed by atoms with Gasteiger partial charge in [0.05, 0.1) is 7.11 Å². The molecular formula is C30H30N2O3. The average Bonchev–Trinajstić information content (AvgIpc) is 3.50. The number of carbonyl (C=O) groups is 1. The van der Waals surface area contributed by atoms with Gasteiger partial charge in [0.25, 0.3) is 0 Å². The summed E-state index contributed by atoms with van der Waals surface area (Å²) < 4.78 is 4.71. The Balaban J connectivity index is 1.39. The molecule has 1 aliphatic rings. The van der Waals surface area contributed by atoms with Gasteiger partial charge in [-0.15, -0.1) is 0 Å². The van der Waals surface area contributed by atoms with E-state index in [1.807, 2.05) is 18.2 Å². The maximum absolute atomic E-state index is 11.5. The first-order valence-corrected chi connectivity index (χ1v) is 12.1. The molecule has 1 aliphatic carbocycles. The summed E-state index contributed by atoms with van der Waals surface area (Å²) in [4.78, 5) is 17.4. The number of fused-ring (bicyclic) bond motifs is 2. The molecule has 178 valence electrons. The Hall–Kier alpha value is -3.83. The third-order valence-electron chi connectivity index (χ3n) is 6.93. The summed E-state index contributed by atoms with van der Waals surface area (Å²) in [5, 5.41) is 11.0. The number of para-hydroxylation sites is 1. The first-order chi connectivity index (χ1) is 17.1. The molecule has 0 amide bonds. The molecule has 0 saturated carbocycles. The molecule has 1 atom stereocenters. The van der Waals surface area contributed by atoms with Crippen molar-refractivity contribution < 1.29 is 14.6 Å². The Labute approximate surface area is 205 Å². The number of benzene rings is 3. The molecule has 4 aromatic rings. The highest BCUT2D eigenvalue weighted by Gasteiger charge is 2.28. The number of H-pyrrole nitrogens is 1. The molecule has 0 aliphatic heterocycles. The molecule has 0 bridgehead atoms. The van der Waals surface area contributed by atoms with E-state index in [4.69, 9.17) is 4.74 Å². The second-order valence-electron chi connectivity index (χ2n) is 9.12. The van der Waals surface area contributed by atoms with Crippen molar-refractivity contribution in [2.45, 2.75) is 31.8 Å². The van der Waals surface area contributed by atoms with Gasteiger partial charge in [0.2, 0.25) is 0 Å². The Kier molecular flexibility index (Phi) is 6.68. The molecule has 0 spiro atoms. The SMILES string of the molecule is COC(=O)/C=C/c1ccc2c(c1)CCC2N(CCc1c[nH]c2ccccc12)Cc1ccc(O)cc1. The smallest absolute Gasteiger partial charge is 0.330 e. The van der Waals surface area contributed by atoms with Gasteiger partial charge in [-0.25, -0.2) is 4.79 Å². The number of aromatic hydroxyl groups is 1. The Bertz CT molecular complexity index is 1350.